The topological polar surface area (TPSA) is 83.5 Å². The molecule has 0 saturated heterocycles. The maximum absolute atomic E-state index is 12.6. The minimum atomic E-state index is -3.82. The number of carbonyl (C=O) groups is 1. The Labute approximate surface area is 136 Å². The van der Waals surface area contributed by atoms with Crippen molar-refractivity contribution in [3.05, 3.63) is 54.6 Å². The lowest BCUT2D eigenvalue weighted by atomic mass is 9.95. The van der Waals surface area contributed by atoms with Crippen LogP contribution >= 0.6 is 0 Å². The van der Waals surface area contributed by atoms with E-state index in [9.17, 15) is 13.2 Å². The van der Waals surface area contributed by atoms with Gasteiger partial charge >= 0.3 is 5.97 Å². The zero-order valence-electron chi connectivity index (χ0n) is 13.0. The Hall–Kier alpha value is -2.18. The Balaban J connectivity index is 2.37. The zero-order chi connectivity index (χ0) is 17.1. The third kappa shape index (κ3) is 3.97. The minimum Gasteiger partial charge on any atom is -0.481 e. The molecule has 0 aliphatic heterocycles. The van der Waals surface area contributed by atoms with Crippen LogP contribution in [0.3, 0.4) is 0 Å². The minimum absolute atomic E-state index is 0.132. The van der Waals surface area contributed by atoms with E-state index in [1.54, 1.807) is 18.2 Å². The van der Waals surface area contributed by atoms with Crippen LogP contribution < -0.4 is 4.72 Å². The van der Waals surface area contributed by atoms with Gasteiger partial charge in [-0.25, -0.2) is 13.1 Å². The Bertz CT molecular complexity index is 798. The summed E-state index contributed by atoms with van der Waals surface area (Å²) in [4.78, 5) is 11.3. The summed E-state index contributed by atoms with van der Waals surface area (Å²) in [5.74, 6) is -1.06. The van der Waals surface area contributed by atoms with Crippen LogP contribution in [0.2, 0.25) is 0 Å². The molecule has 122 valence electrons. The third-order valence-corrected chi connectivity index (χ3v) is 5.00. The number of carboxylic acids is 1. The van der Waals surface area contributed by atoms with Gasteiger partial charge in [0.15, 0.2) is 0 Å². The van der Waals surface area contributed by atoms with Crippen LogP contribution in [0, 0.1) is 5.41 Å². The van der Waals surface area contributed by atoms with Gasteiger partial charge in [-0.2, -0.15) is 0 Å². The number of benzene rings is 2. The van der Waals surface area contributed by atoms with Crippen LogP contribution in [-0.4, -0.2) is 26.0 Å². The number of nitrogens with one attached hydrogen (secondary N) is 1. The Kier molecular flexibility index (Phi) is 4.87. The van der Waals surface area contributed by atoms with Gasteiger partial charge in [-0.05, 0) is 25.5 Å². The van der Waals surface area contributed by atoms with E-state index in [4.69, 9.17) is 5.11 Å². The predicted octanol–water partition coefficient (Wildman–Crippen LogP) is 2.74. The molecule has 2 aromatic rings. The third-order valence-electron chi connectivity index (χ3n) is 3.54. The quantitative estimate of drug-likeness (QED) is 0.851. The average molecular weight is 333 g/mol. The molecule has 2 rings (SSSR count). The fourth-order valence-corrected chi connectivity index (χ4v) is 3.43. The van der Waals surface area contributed by atoms with E-state index in [0.717, 1.165) is 5.56 Å². The normalized spacial score (nSPS) is 12.1. The molecule has 23 heavy (non-hydrogen) atoms. The lowest BCUT2D eigenvalue weighted by molar-refractivity contribution is -0.146. The summed E-state index contributed by atoms with van der Waals surface area (Å²) in [6.07, 6.45) is 0. The first-order chi connectivity index (χ1) is 10.7. The van der Waals surface area contributed by atoms with Gasteiger partial charge in [-0.3, -0.25) is 4.79 Å². The molecule has 0 spiro atoms. The van der Waals surface area contributed by atoms with Crippen molar-refractivity contribution in [3.63, 3.8) is 0 Å². The van der Waals surface area contributed by atoms with Crippen LogP contribution in [0.15, 0.2) is 59.5 Å². The summed E-state index contributed by atoms with van der Waals surface area (Å²) in [6.45, 7) is 2.76. The first-order valence-corrected chi connectivity index (χ1v) is 8.60. The molecule has 0 aliphatic rings. The molecule has 0 aliphatic carbocycles. The second-order valence-electron chi connectivity index (χ2n) is 5.88. The van der Waals surface area contributed by atoms with E-state index in [2.05, 4.69) is 4.72 Å². The Morgan fingerprint density at radius 3 is 2.22 bits per heavy atom. The number of aliphatic carboxylic acids is 1. The monoisotopic (exact) mass is 333 g/mol. The molecule has 2 N–H and O–H groups in total. The Morgan fingerprint density at radius 1 is 1.04 bits per heavy atom. The van der Waals surface area contributed by atoms with Crippen LogP contribution in [-0.2, 0) is 14.8 Å². The highest BCUT2D eigenvalue weighted by molar-refractivity contribution is 7.89. The molecule has 0 amide bonds. The molecule has 0 saturated carbocycles. The van der Waals surface area contributed by atoms with Crippen molar-refractivity contribution in [2.75, 3.05) is 6.54 Å². The molecule has 0 radical (unpaired) electrons. The van der Waals surface area contributed by atoms with Crippen LogP contribution in [0.5, 0.6) is 0 Å². The molecule has 0 atom stereocenters. The second kappa shape index (κ2) is 6.52. The van der Waals surface area contributed by atoms with E-state index in [0.29, 0.717) is 5.56 Å². The number of carboxylic acid groups (broad SMARTS) is 1. The predicted molar refractivity (Wildman–Crippen MR) is 88.5 cm³/mol. The number of rotatable bonds is 6. The number of hydrogen-bond acceptors (Lipinski definition) is 3. The molecule has 2 aromatic carbocycles. The maximum atomic E-state index is 12.6. The van der Waals surface area contributed by atoms with Gasteiger partial charge in [-0.15, -0.1) is 0 Å². The van der Waals surface area contributed by atoms with E-state index in [1.807, 2.05) is 30.3 Å². The molecule has 0 unspecified atom stereocenters. The lowest BCUT2D eigenvalue weighted by Gasteiger charge is -2.20. The number of hydrogen-bond donors (Lipinski definition) is 2. The second-order valence-corrected chi connectivity index (χ2v) is 7.61. The summed E-state index contributed by atoms with van der Waals surface area (Å²) in [6, 6.07) is 15.8. The van der Waals surface area contributed by atoms with E-state index < -0.39 is 21.4 Å². The Morgan fingerprint density at radius 2 is 1.61 bits per heavy atom. The molecule has 0 heterocycles. The summed E-state index contributed by atoms with van der Waals surface area (Å²) < 4.78 is 27.6. The van der Waals surface area contributed by atoms with E-state index in [-0.39, 0.29) is 11.4 Å². The average Bonchev–Trinajstić information content (AvgIpc) is 2.54. The van der Waals surface area contributed by atoms with Crippen molar-refractivity contribution in [2.24, 2.45) is 5.41 Å². The molecule has 6 heteroatoms. The van der Waals surface area contributed by atoms with E-state index >= 15 is 0 Å². The zero-order valence-corrected chi connectivity index (χ0v) is 13.8. The molecule has 0 fully saturated rings. The standard InChI is InChI=1S/C17H19NO4S/c1-17(2,16(19)20)12-18-23(21,22)15-11-7-6-10-14(15)13-8-4-3-5-9-13/h3-11,18H,12H2,1-2H3,(H,19,20). The smallest absolute Gasteiger partial charge is 0.310 e. The van der Waals surface area contributed by atoms with Crippen molar-refractivity contribution in [1.29, 1.82) is 0 Å². The van der Waals surface area contributed by atoms with Gasteiger partial charge in [0.1, 0.15) is 0 Å². The van der Waals surface area contributed by atoms with Gasteiger partial charge in [0.2, 0.25) is 10.0 Å². The van der Waals surface area contributed by atoms with Crippen LogP contribution in [0.1, 0.15) is 13.8 Å². The summed E-state index contributed by atoms with van der Waals surface area (Å²) >= 11 is 0. The van der Waals surface area contributed by atoms with Gasteiger partial charge in [0.05, 0.1) is 10.3 Å². The largest absolute Gasteiger partial charge is 0.481 e. The maximum Gasteiger partial charge on any atom is 0.310 e. The molecule has 5 nitrogen and oxygen atoms in total. The fraction of sp³-hybridized carbons (Fsp3) is 0.235. The molecular weight excluding hydrogens is 314 g/mol. The van der Waals surface area contributed by atoms with Gasteiger partial charge in [-0.1, -0.05) is 48.5 Å². The van der Waals surface area contributed by atoms with Crippen molar-refractivity contribution in [2.45, 2.75) is 18.7 Å². The molecular formula is C17H19NO4S. The number of sulfonamides is 1. The first-order valence-electron chi connectivity index (χ1n) is 7.11. The first kappa shape index (κ1) is 17.2. The molecule has 0 bridgehead atoms. The van der Waals surface area contributed by atoms with Gasteiger partial charge < -0.3 is 5.11 Å². The van der Waals surface area contributed by atoms with Crippen molar-refractivity contribution >= 4 is 16.0 Å². The summed E-state index contributed by atoms with van der Waals surface area (Å²) in [5, 5.41) is 9.11. The van der Waals surface area contributed by atoms with Crippen molar-refractivity contribution in [3.8, 4) is 11.1 Å². The highest BCUT2D eigenvalue weighted by Gasteiger charge is 2.30. The summed E-state index contributed by atoms with van der Waals surface area (Å²) in [7, 11) is -3.82. The van der Waals surface area contributed by atoms with E-state index in [1.165, 1.54) is 19.9 Å². The summed E-state index contributed by atoms with van der Waals surface area (Å²) in [5.41, 5.74) is 0.175. The van der Waals surface area contributed by atoms with Crippen molar-refractivity contribution in [1.82, 2.24) is 4.72 Å². The SMILES string of the molecule is CC(C)(CNS(=O)(=O)c1ccccc1-c1ccccc1)C(=O)O. The highest BCUT2D eigenvalue weighted by atomic mass is 32.2. The highest BCUT2D eigenvalue weighted by Crippen LogP contribution is 2.27. The van der Waals surface area contributed by atoms with Gasteiger partial charge in [0, 0.05) is 12.1 Å². The van der Waals surface area contributed by atoms with Gasteiger partial charge in [0.25, 0.3) is 0 Å². The van der Waals surface area contributed by atoms with Crippen molar-refractivity contribution < 1.29 is 18.3 Å². The fourth-order valence-electron chi connectivity index (χ4n) is 1.99. The lowest BCUT2D eigenvalue weighted by Crippen LogP contribution is -2.39. The van der Waals surface area contributed by atoms with Crippen LogP contribution in [0.4, 0.5) is 0 Å². The molecule has 0 aromatic heterocycles. The van der Waals surface area contributed by atoms with Crippen LogP contribution in [0.25, 0.3) is 11.1 Å².